The number of carboxylic acids is 1. The number of anilines is 1. The van der Waals surface area contributed by atoms with Crippen LogP contribution in [0.5, 0.6) is 0 Å². The Kier molecular flexibility index (Phi) is 4.59. The van der Waals surface area contributed by atoms with Crippen molar-refractivity contribution in [1.29, 1.82) is 0 Å². The second kappa shape index (κ2) is 5.96. The van der Waals surface area contributed by atoms with Crippen LogP contribution in [0.4, 0.5) is 5.82 Å². The SMILES string of the molecule is O=C(O)CS(=O)CC(=O)Nc1ccccn1. The second-order valence-electron chi connectivity index (χ2n) is 2.89. The standard InChI is InChI=1S/C9H10N2O4S/c12-8(5-16(15)6-9(13)14)11-7-3-1-2-4-10-7/h1-4H,5-6H2,(H,13,14)(H,10,11,12). The van der Waals surface area contributed by atoms with Crippen molar-refractivity contribution < 1.29 is 18.9 Å². The van der Waals surface area contributed by atoms with Crippen LogP contribution in [0.2, 0.25) is 0 Å². The third-order valence-corrected chi connectivity index (χ3v) is 2.66. The average molecular weight is 242 g/mol. The molecule has 1 aromatic heterocycles. The van der Waals surface area contributed by atoms with Crippen molar-refractivity contribution in [2.45, 2.75) is 0 Å². The van der Waals surface area contributed by atoms with E-state index in [4.69, 9.17) is 5.11 Å². The van der Waals surface area contributed by atoms with Crippen molar-refractivity contribution in [2.75, 3.05) is 16.8 Å². The summed E-state index contributed by atoms with van der Waals surface area (Å²) >= 11 is 0. The molecule has 1 unspecified atom stereocenters. The van der Waals surface area contributed by atoms with Gasteiger partial charge >= 0.3 is 5.97 Å². The van der Waals surface area contributed by atoms with E-state index in [-0.39, 0.29) is 5.75 Å². The highest BCUT2D eigenvalue weighted by molar-refractivity contribution is 7.86. The van der Waals surface area contributed by atoms with Gasteiger partial charge in [-0.1, -0.05) is 6.07 Å². The number of rotatable bonds is 5. The van der Waals surface area contributed by atoms with Crippen LogP contribution in [-0.4, -0.2) is 37.7 Å². The lowest BCUT2D eigenvalue weighted by Crippen LogP contribution is -2.23. The van der Waals surface area contributed by atoms with Gasteiger partial charge in [-0.25, -0.2) is 4.98 Å². The van der Waals surface area contributed by atoms with Crippen molar-refractivity contribution >= 4 is 28.5 Å². The Morgan fingerprint density at radius 2 is 2.12 bits per heavy atom. The van der Waals surface area contributed by atoms with Gasteiger partial charge in [-0.15, -0.1) is 0 Å². The molecule has 0 radical (unpaired) electrons. The van der Waals surface area contributed by atoms with Crippen LogP contribution in [-0.2, 0) is 20.4 Å². The number of carbonyl (C=O) groups is 2. The number of hydrogen-bond donors (Lipinski definition) is 2. The molecule has 0 fully saturated rings. The van der Waals surface area contributed by atoms with Crippen LogP contribution in [0.15, 0.2) is 24.4 Å². The van der Waals surface area contributed by atoms with E-state index in [1.165, 1.54) is 6.20 Å². The Morgan fingerprint density at radius 3 is 2.69 bits per heavy atom. The van der Waals surface area contributed by atoms with Gasteiger partial charge in [-0.2, -0.15) is 0 Å². The molecule has 1 heterocycles. The zero-order valence-corrected chi connectivity index (χ0v) is 9.07. The minimum atomic E-state index is -1.69. The fourth-order valence-corrected chi connectivity index (χ4v) is 1.69. The highest BCUT2D eigenvalue weighted by atomic mass is 32.2. The molecule has 7 heteroatoms. The number of hydrogen-bond acceptors (Lipinski definition) is 4. The first kappa shape index (κ1) is 12.3. The number of aliphatic carboxylic acids is 1. The fraction of sp³-hybridized carbons (Fsp3) is 0.222. The molecule has 0 spiro atoms. The number of carbonyl (C=O) groups excluding carboxylic acids is 1. The molecule has 1 atom stereocenters. The van der Waals surface area contributed by atoms with Crippen LogP contribution in [0.3, 0.4) is 0 Å². The van der Waals surface area contributed by atoms with Crippen molar-refractivity contribution in [2.24, 2.45) is 0 Å². The molecule has 2 N–H and O–H groups in total. The molecule has 1 rings (SSSR count). The molecule has 0 aromatic carbocycles. The van der Waals surface area contributed by atoms with Gasteiger partial charge in [0.1, 0.15) is 17.3 Å². The lowest BCUT2D eigenvalue weighted by molar-refractivity contribution is -0.133. The van der Waals surface area contributed by atoms with Crippen LogP contribution in [0.25, 0.3) is 0 Å². The topological polar surface area (TPSA) is 96.4 Å². The van der Waals surface area contributed by atoms with E-state index in [1.54, 1.807) is 18.2 Å². The van der Waals surface area contributed by atoms with Gasteiger partial charge in [0.2, 0.25) is 5.91 Å². The van der Waals surface area contributed by atoms with E-state index >= 15 is 0 Å². The lowest BCUT2D eigenvalue weighted by atomic mass is 10.4. The van der Waals surface area contributed by atoms with Gasteiger partial charge in [-0.05, 0) is 12.1 Å². The molecule has 6 nitrogen and oxygen atoms in total. The van der Waals surface area contributed by atoms with Crippen molar-refractivity contribution in [3.05, 3.63) is 24.4 Å². The van der Waals surface area contributed by atoms with Gasteiger partial charge in [0.15, 0.2) is 0 Å². The highest BCUT2D eigenvalue weighted by Crippen LogP contribution is 1.99. The van der Waals surface area contributed by atoms with E-state index < -0.39 is 28.4 Å². The third-order valence-electron chi connectivity index (χ3n) is 1.51. The van der Waals surface area contributed by atoms with Gasteiger partial charge in [0, 0.05) is 17.0 Å². The monoisotopic (exact) mass is 242 g/mol. The maximum Gasteiger partial charge on any atom is 0.316 e. The highest BCUT2D eigenvalue weighted by Gasteiger charge is 2.11. The van der Waals surface area contributed by atoms with Crippen molar-refractivity contribution in [3.63, 3.8) is 0 Å². The van der Waals surface area contributed by atoms with E-state index in [0.29, 0.717) is 5.82 Å². The zero-order valence-electron chi connectivity index (χ0n) is 8.25. The van der Waals surface area contributed by atoms with Crippen molar-refractivity contribution in [3.8, 4) is 0 Å². The lowest BCUT2D eigenvalue weighted by Gasteiger charge is -2.02. The zero-order chi connectivity index (χ0) is 12.0. The predicted molar refractivity (Wildman–Crippen MR) is 58.4 cm³/mol. The summed E-state index contributed by atoms with van der Waals surface area (Å²) in [7, 11) is -1.69. The molecule has 0 aliphatic carbocycles. The first-order chi connectivity index (χ1) is 7.58. The fourth-order valence-electron chi connectivity index (χ4n) is 0.951. The molecular formula is C9H10N2O4S. The van der Waals surface area contributed by atoms with Gasteiger partial charge in [-0.3, -0.25) is 13.8 Å². The summed E-state index contributed by atoms with van der Waals surface area (Å²) in [5.41, 5.74) is 0. The normalized spacial score (nSPS) is 11.8. The molecule has 1 aromatic rings. The van der Waals surface area contributed by atoms with Gasteiger partial charge in [0.25, 0.3) is 0 Å². The minimum Gasteiger partial charge on any atom is -0.481 e. The van der Waals surface area contributed by atoms with Gasteiger partial charge in [0.05, 0.1) is 0 Å². The Morgan fingerprint density at radius 1 is 1.38 bits per heavy atom. The maximum absolute atomic E-state index is 11.3. The Bertz CT molecular complexity index is 407. The first-order valence-electron chi connectivity index (χ1n) is 4.35. The summed E-state index contributed by atoms with van der Waals surface area (Å²) in [4.78, 5) is 25.3. The molecule has 86 valence electrons. The van der Waals surface area contributed by atoms with Crippen LogP contribution in [0, 0.1) is 0 Å². The van der Waals surface area contributed by atoms with Crippen molar-refractivity contribution in [1.82, 2.24) is 4.98 Å². The molecular weight excluding hydrogens is 232 g/mol. The molecule has 16 heavy (non-hydrogen) atoms. The molecule has 0 saturated heterocycles. The number of aromatic nitrogens is 1. The largest absolute Gasteiger partial charge is 0.481 e. The summed E-state index contributed by atoms with van der Waals surface area (Å²) in [6.07, 6.45) is 1.50. The van der Waals surface area contributed by atoms with Gasteiger partial charge < -0.3 is 10.4 Å². The number of carboxylic acid groups (broad SMARTS) is 1. The van der Waals surface area contributed by atoms with Crippen LogP contribution in [0.1, 0.15) is 0 Å². The number of nitrogens with one attached hydrogen (secondary N) is 1. The third kappa shape index (κ3) is 4.65. The summed E-state index contributed by atoms with van der Waals surface area (Å²) in [6, 6.07) is 4.97. The summed E-state index contributed by atoms with van der Waals surface area (Å²) < 4.78 is 11.1. The molecule has 1 amide bonds. The number of pyridine rings is 1. The molecule has 0 bridgehead atoms. The first-order valence-corrected chi connectivity index (χ1v) is 5.84. The number of nitrogens with zero attached hydrogens (tertiary/aromatic N) is 1. The summed E-state index contributed by atoms with van der Waals surface area (Å²) in [6.45, 7) is 0. The average Bonchev–Trinajstić information content (AvgIpc) is 2.17. The van der Waals surface area contributed by atoms with E-state index in [1.807, 2.05) is 0 Å². The summed E-state index contributed by atoms with van der Waals surface area (Å²) in [5, 5.41) is 10.8. The van der Waals surface area contributed by atoms with Crippen LogP contribution >= 0.6 is 0 Å². The Balaban J connectivity index is 2.42. The minimum absolute atomic E-state index is 0.344. The second-order valence-corrected chi connectivity index (χ2v) is 4.34. The maximum atomic E-state index is 11.3. The Hall–Kier alpha value is -1.76. The van der Waals surface area contributed by atoms with E-state index in [2.05, 4.69) is 10.3 Å². The molecule has 0 saturated carbocycles. The quantitative estimate of drug-likeness (QED) is 0.748. The number of amides is 1. The Labute approximate surface area is 94.2 Å². The molecule has 0 aliphatic heterocycles. The van der Waals surface area contributed by atoms with Crippen LogP contribution < -0.4 is 5.32 Å². The van der Waals surface area contributed by atoms with E-state index in [9.17, 15) is 13.8 Å². The predicted octanol–water partition coefficient (Wildman–Crippen LogP) is -0.147. The summed E-state index contributed by atoms with van der Waals surface area (Å²) in [5.74, 6) is -2.24. The molecule has 0 aliphatic rings. The smallest absolute Gasteiger partial charge is 0.316 e. The van der Waals surface area contributed by atoms with E-state index in [0.717, 1.165) is 0 Å².